The number of carbonyl (C=O) groups is 2. The molecule has 566 valence electrons. The Balaban J connectivity index is 0.000000190. The lowest BCUT2D eigenvalue weighted by molar-refractivity contribution is -0.202. The van der Waals surface area contributed by atoms with Gasteiger partial charge in [0, 0.05) is 44.3 Å². The number of nitrogens with one attached hydrogen (secondary N) is 4. The number of rotatable bonds is 24. The number of hydrogen-bond acceptors (Lipinski definition) is 33. The predicted octanol–water partition coefficient (Wildman–Crippen LogP) is -3.80. The van der Waals surface area contributed by atoms with Crippen LogP contribution in [0.4, 0.5) is 5.82 Å². The van der Waals surface area contributed by atoms with E-state index < -0.39 is 161 Å². The van der Waals surface area contributed by atoms with Crippen LogP contribution in [0.3, 0.4) is 0 Å². The molecule has 5 saturated heterocycles. The Bertz CT molecular complexity index is 3860. The van der Waals surface area contributed by atoms with Crippen molar-refractivity contribution in [3.8, 4) is 0 Å². The Morgan fingerprint density at radius 1 is 0.574 bits per heavy atom. The Kier molecular flexibility index (Phi) is 27.9. The number of aliphatic hydroxyl groups is 6. The number of carbonyl (C=O) groups excluding carboxylic acids is 2. The highest BCUT2D eigenvalue weighted by atomic mass is 31.2. The van der Waals surface area contributed by atoms with E-state index in [1.54, 1.807) is 18.7 Å². The van der Waals surface area contributed by atoms with Crippen molar-refractivity contribution in [2.45, 2.75) is 151 Å². The first kappa shape index (κ1) is 82.2. The van der Waals surface area contributed by atoms with Gasteiger partial charge >= 0.3 is 31.3 Å². The quantitative estimate of drug-likeness (QED) is 0.0182. The van der Waals surface area contributed by atoms with Gasteiger partial charge in [-0.25, -0.2) is 43.2 Å². The summed E-state index contributed by atoms with van der Waals surface area (Å²) in [6.07, 6.45) is -4.80. The van der Waals surface area contributed by atoms with Gasteiger partial charge in [-0.05, 0) is 26.7 Å². The summed E-state index contributed by atoms with van der Waals surface area (Å²) in [5, 5.41) is 85.5. The highest BCUT2D eigenvalue weighted by Gasteiger charge is 2.58. The molecule has 4 aromatic heterocycles. The van der Waals surface area contributed by atoms with Crippen molar-refractivity contribution < 1.29 is 154 Å². The van der Waals surface area contributed by atoms with Crippen LogP contribution in [0.5, 0.6) is 0 Å². The molecule has 0 radical (unpaired) electrons. The summed E-state index contributed by atoms with van der Waals surface area (Å²) in [5.74, 6) is -0.651. The third kappa shape index (κ3) is 21.5. The molecule has 101 heavy (non-hydrogen) atoms. The lowest BCUT2D eigenvalue weighted by Gasteiger charge is -2.34. The second-order valence-electron chi connectivity index (χ2n) is 22.8. The van der Waals surface area contributed by atoms with Gasteiger partial charge in [0.15, 0.2) is 64.3 Å². The Hall–Kier alpha value is -6.08. The van der Waals surface area contributed by atoms with Gasteiger partial charge < -0.3 is 134 Å². The summed E-state index contributed by atoms with van der Waals surface area (Å²) in [4.78, 5) is 116. The van der Waals surface area contributed by atoms with Crippen LogP contribution in [-0.2, 0) is 79.1 Å². The highest BCUT2D eigenvalue weighted by Crippen LogP contribution is 2.45. The number of nitrogens with zero attached hydrogens (tertiary/aromatic N) is 10. The van der Waals surface area contributed by atoms with Crippen LogP contribution in [0, 0.1) is 5.41 Å². The van der Waals surface area contributed by atoms with E-state index in [0.29, 0.717) is 40.7 Å². The average Bonchev–Trinajstić information content (AvgIpc) is 1.62. The standard InChI is InChI=1S/C17H28N5O8P.C13H19N2O8P.C10H14N5O8P.C10H15N2O8P.CH4/c1-2-3-6-28-7-4-5-18-15-12-16(20-9-19-15)22(10-21-12)17-14(24)13(23)11(30-17)8-29-31(25,26)27;1-7-14-9(16)4-5-15(7)12-11-10(22-13(2,3)23-11)8(21-12)6-20-24(17,18)19;11-8-5-9(13-3-15(8)18)14(2-12-5)10-7(17)6(16)4(23-10)1-22-24(19,20)21;1-5-11-7(13)2-3-12(5)10-9(15)8(14)6(20-10)4-19-21(16,17)18;/h9-11,13-14,17,23-24H,2-8H2,1H3,(H,18,19,20)(H2,25,26,27);4-5,8,10-12H,1,6H2,2-3H3,(H,14,16)(H2,17,18,19);2-4,6-7,10-11,16-18H,1H2,(H2,19,20,21);2-3,6,8-10,14-15H,1,4H2,(H,11,13)(H2,16,17,18);1H4/t11-,13-,14-,17-;8-,10-,11?,12-;4-,6-,7-,10-;6-,8-,9?,10-;/m1111./s1. The van der Waals surface area contributed by atoms with Gasteiger partial charge in [-0.15, -0.1) is 0 Å². The topological polar surface area (TPSA) is 653 Å². The molecule has 0 saturated carbocycles. The first-order chi connectivity index (χ1) is 46.7. The molecule has 7 aliphatic heterocycles. The van der Waals surface area contributed by atoms with E-state index in [2.05, 4.69) is 79.0 Å². The fourth-order valence-corrected chi connectivity index (χ4v) is 11.8. The minimum Gasteiger partial charge on any atom is -0.425 e. The number of amides is 2. The smallest absolute Gasteiger partial charge is 0.425 e. The second kappa shape index (κ2) is 34.2. The van der Waals surface area contributed by atoms with Crippen LogP contribution in [0.15, 0.2) is 74.7 Å². The second-order valence-corrected chi connectivity index (χ2v) is 27.7. The van der Waals surface area contributed by atoms with E-state index >= 15 is 0 Å². The SMILES string of the molecule is C.C=C1NC(=O)C=CN1[C@@H]1O[C@H](COP(=O)(O)O)[C@@H](O)C1O.C=C1NC(=O)C=CN1[C@@H]1O[C@H](COP(=O)(O)O)[C@H]2OC(C)(C)OC12.CCCCOCCCNc1ncnc2c1ncn2[C@@H]1O[C@H](COP(=O)(O)O)[C@@H](O)[C@H]1O.N=c1c2ncn([C@@H]3O[C@H](COP(=O)(O)O)[C@@H](O)[C@H]3O)c2ncn1O. The zero-order chi connectivity index (χ0) is 73.6. The molecular formula is C51H80N14O32P4. The summed E-state index contributed by atoms with van der Waals surface area (Å²) in [7, 11) is -18.8. The molecule has 46 nitrogen and oxygen atoms in total. The molecule has 11 rings (SSSR count). The largest absolute Gasteiger partial charge is 0.469 e. The van der Waals surface area contributed by atoms with Crippen LogP contribution in [-0.4, -0.2) is 273 Å². The number of fused-ring (bicyclic) bond motifs is 3. The molecule has 16 atom stereocenters. The van der Waals surface area contributed by atoms with E-state index in [1.165, 1.54) is 57.6 Å². The van der Waals surface area contributed by atoms with Crippen molar-refractivity contribution in [2.24, 2.45) is 0 Å². The van der Waals surface area contributed by atoms with Crippen molar-refractivity contribution in [1.29, 1.82) is 5.41 Å². The monoisotopic (exact) mass is 1520 g/mol. The number of aromatic nitrogens is 8. The molecular weight excluding hydrogens is 1440 g/mol. The van der Waals surface area contributed by atoms with Crippen molar-refractivity contribution in [2.75, 3.05) is 51.5 Å². The fourth-order valence-electron chi connectivity index (χ4n) is 10.4. The molecule has 4 aromatic rings. The molecule has 19 N–H and O–H groups in total. The maximum atomic E-state index is 11.4. The summed E-state index contributed by atoms with van der Waals surface area (Å²) >= 11 is 0. The van der Waals surface area contributed by atoms with Crippen molar-refractivity contribution in [3.05, 3.63) is 80.1 Å². The Morgan fingerprint density at radius 3 is 1.47 bits per heavy atom. The third-order valence-corrected chi connectivity index (χ3v) is 17.0. The van der Waals surface area contributed by atoms with Crippen LogP contribution in [0.25, 0.3) is 22.3 Å². The number of anilines is 1. The normalized spacial score (nSPS) is 29.4. The van der Waals surface area contributed by atoms with Gasteiger partial charge in [-0.3, -0.25) is 42.2 Å². The van der Waals surface area contributed by atoms with E-state index in [1.807, 2.05) is 0 Å². The van der Waals surface area contributed by atoms with E-state index in [9.17, 15) is 63.7 Å². The van der Waals surface area contributed by atoms with Crippen LogP contribution in [0.1, 0.15) is 59.9 Å². The molecule has 5 fully saturated rings. The molecule has 11 heterocycles. The van der Waals surface area contributed by atoms with Gasteiger partial charge in [0.05, 0.1) is 39.1 Å². The Labute approximate surface area is 571 Å². The lowest BCUT2D eigenvalue weighted by atomic mass is 10.1. The molecule has 2 unspecified atom stereocenters. The fraction of sp³-hybridized carbons (Fsp3) is 0.608. The highest BCUT2D eigenvalue weighted by molar-refractivity contribution is 7.47. The minimum atomic E-state index is -4.76. The van der Waals surface area contributed by atoms with Crippen LogP contribution in [0.2, 0.25) is 0 Å². The van der Waals surface area contributed by atoms with E-state index in [4.69, 9.17) is 77.7 Å². The van der Waals surface area contributed by atoms with Gasteiger partial charge in [-0.2, -0.15) is 4.73 Å². The number of ether oxygens (including phenoxy) is 7. The maximum absolute atomic E-state index is 11.4. The molecule has 0 aromatic carbocycles. The van der Waals surface area contributed by atoms with Crippen molar-refractivity contribution in [1.82, 2.24) is 59.2 Å². The number of hydrogen-bond donors (Lipinski definition) is 19. The van der Waals surface area contributed by atoms with Crippen LogP contribution >= 0.6 is 31.3 Å². The number of phosphoric ester groups is 4. The third-order valence-electron chi connectivity index (χ3n) is 15.1. The molecule has 0 spiro atoms. The number of aliphatic hydroxyl groups excluding tert-OH is 6. The number of unbranched alkanes of at least 4 members (excludes halogenated alkanes) is 1. The summed E-state index contributed by atoms with van der Waals surface area (Å²) in [6.45, 7) is 12.7. The van der Waals surface area contributed by atoms with E-state index in [0.717, 1.165) is 32.2 Å². The van der Waals surface area contributed by atoms with Crippen molar-refractivity contribution in [3.63, 3.8) is 0 Å². The molecule has 2 amide bonds. The zero-order valence-electron chi connectivity index (χ0n) is 52.8. The van der Waals surface area contributed by atoms with Crippen LogP contribution < -0.4 is 21.4 Å². The van der Waals surface area contributed by atoms with Crippen molar-refractivity contribution >= 4 is 71.3 Å². The van der Waals surface area contributed by atoms with Gasteiger partial charge in [0.25, 0.3) is 11.8 Å². The van der Waals surface area contributed by atoms with Gasteiger partial charge in [-0.1, -0.05) is 33.9 Å². The molecule has 7 aliphatic rings. The minimum absolute atomic E-state index is 0. The number of imidazole rings is 2. The summed E-state index contributed by atoms with van der Waals surface area (Å²) < 4.78 is 103. The first-order valence-electron chi connectivity index (χ1n) is 29.7. The maximum Gasteiger partial charge on any atom is 0.469 e. The summed E-state index contributed by atoms with van der Waals surface area (Å²) in [6, 6.07) is 0. The lowest BCUT2D eigenvalue weighted by Crippen LogP contribution is -2.46. The van der Waals surface area contributed by atoms with Gasteiger partial charge in [0.1, 0.15) is 97.5 Å². The van der Waals surface area contributed by atoms with E-state index in [-0.39, 0.29) is 42.4 Å². The molecule has 0 aliphatic carbocycles. The first-order valence-corrected chi connectivity index (χ1v) is 35.8. The number of phosphoric acid groups is 4. The molecule has 0 bridgehead atoms. The predicted molar refractivity (Wildman–Crippen MR) is 333 cm³/mol. The molecule has 50 heteroatoms. The zero-order valence-corrected chi connectivity index (χ0v) is 56.3. The average molecular weight is 1530 g/mol. The van der Waals surface area contributed by atoms with Gasteiger partial charge in [0.2, 0.25) is 0 Å². The Morgan fingerprint density at radius 2 is 0.990 bits per heavy atom. The summed E-state index contributed by atoms with van der Waals surface area (Å²) in [5.41, 5.74) is 0.616.